The van der Waals surface area contributed by atoms with Crippen molar-refractivity contribution in [2.24, 2.45) is 10.7 Å². The van der Waals surface area contributed by atoms with Crippen LogP contribution in [0.1, 0.15) is 45.6 Å². The molecule has 0 aliphatic rings. The van der Waals surface area contributed by atoms with Crippen LogP contribution in [0, 0.1) is 0 Å². The van der Waals surface area contributed by atoms with Gasteiger partial charge in [-0.25, -0.2) is 0 Å². The van der Waals surface area contributed by atoms with E-state index in [1.807, 2.05) is 26.0 Å². The zero-order valence-electron chi connectivity index (χ0n) is 14.5. The number of hydrogen-bond donors (Lipinski definition) is 2. The van der Waals surface area contributed by atoms with Gasteiger partial charge < -0.3 is 16.0 Å². The van der Waals surface area contributed by atoms with Crippen molar-refractivity contribution in [2.45, 2.75) is 40.0 Å². The molecule has 0 aliphatic heterocycles. The minimum Gasteiger partial charge on any atom is -0.370 e. The van der Waals surface area contributed by atoms with Gasteiger partial charge in [-0.15, -0.1) is 24.0 Å². The molecule has 0 unspecified atom stereocenters. The van der Waals surface area contributed by atoms with E-state index < -0.39 is 0 Å². The number of nitrogens with zero attached hydrogens (tertiary/aromatic N) is 2. The van der Waals surface area contributed by atoms with Crippen LogP contribution in [-0.2, 0) is 4.79 Å². The summed E-state index contributed by atoms with van der Waals surface area (Å²) in [4.78, 5) is 17.9. The number of aliphatic imine (C=N–C) groups is 1. The number of carbonyl (C=O) groups is 1. The Balaban J connectivity index is 0.00000484. The monoisotopic (exact) mass is 432 g/mol. The Morgan fingerprint density at radius 2 is 1.96 bits per heavy atom. The fraction of sp³-hybridized carbons (Fsp3) is 0.529. The molecule has 0 spiro atoms. The lowest BCUT2D eigenvalue weighted by molar-refractivity contribution is -0.130. The van der Waals surface area contributed by atoms with Gasteiger partial charge in [0, 0.05) is 25.2 Å². The molecule has 5 nitrogen and oxygen atoms in total. The highest BCUT2D eigenvalue weighted by Gasteiger charge is 2.08. The summed E-state index contributed by atoms with van der Waals surface area (Å²) in [6.07, 6.45) is 0.385. The molecule has 1 aromatic rings. The van der Waals surface area contributed by atoms with Crippen LogP contribution in [0.4, 0.5) is 5.69 Å². The third-order valence-corrected chi connectivity index (χ3v) is 3.55. The molecular formula is C17H29IN4O. The molecule has 1 amide bonds. The van der Waals surface area contributed by atoms with Gasteiger partial charge in [-0.2, -0.15) is 0 Å². The molecule has 0 radical (unpaired) electrons. The molecule has 1 aromatic carbocycles. The summed E-state index contributed by atoms with van der Waals surface area (Å²) in [6, 6.07) is 8.10. The predicted octanol–water partition coefficient (Wildman–Crippen LogP) is 3.41. The van der Waals surface area contributed by atoms with Crippen molar-refractivity contribution in [1.82, 2.24) is 4.90 Å². The Hall–Kier alpha value is -1.31. The molecule has 0 fully saturated rings. The van der Waals surface area contributed by atoms with Gasteiger partial charge in [0.1, 0.15) is 0 Å². The average Bonchev–Trinajstić information content (AvgIpc) is 2.48. The second kappa shape index (κ2) is 11.3. The molecule has 0 aliphatic carbocycles. The van der Waals surface area contributed by atoms with Crippen molar-refractivity contribution in [1.29, 1.82) is 0 Å². The Morgan fingerprint density at radius 1 is 1.30 bits per heavy atom. The largest absolute Gasteiger partial charge is 0.370 e. The second-order valence-corrected chi connectivity index (χ2v) is 5.49. The van der Waals surface area contributed by atoms with Crippen LogP contribution < -0.4 is 11.1 Å². The van der Waals surface area contributed by atoms with E-state index in [4.69, 9.17) is 5.73 Å². The van der Waals surface area contributed by atoms with E-state index in [0.29, 0.717) is 24.8 Å². The number of hydrogen-bond acceptors (Lipinski definition) is 2. The standard InChI is InChI=1S/C17H28N4O.HI/c1-5-21(6-2)16(22)10-11-19-17(18)20-15-9-7-8-14(12-15)13(3)4;/h7-9,12-13H,5-6,10-11H2,1-4H3,(H3,18,19,20);1H. The molecule has 0 heterocycles. The summed E-state index contributed by atoms with van der Waals surface area (Å²) in [5, 5.41) is 3.07. The summed E-state index contributed by atoms with van der Waals surface area (Å²) < 4.78 is 0. The number of nitrogens with two attached hydrogens (primary N) is 1. The Kier molecular flexibility index (Phi) is 10.6. The molecule has 0 saturated heterocycles. The summed E-state index contributed by atoms with van der Waals surface area (Å²) in [5.74, 6) is 0.920. The Bertz CT molecular complexity index is 513. The van der Waals surface area contributed by atoms with E-state index >= 15 is 0 Å². The van der Waals surface area contributed by atoms with E-state index in [0.717, 1.165) is 18.8 Å². The number of halogens is 1. The average molecular weight is 432 g/mol. The summed E-state index contributed by atoms with van der Waals surface area (Å²) >= 11 is 0. The fourth-order valence-electron chi connectivity index (χ4n) is 2.17. The molecule has 130 valence electrons. The van der Waals surface area contributed by atoms with Crippen molar-refractivity contribution >= 4 is 41.5 Å². The van der Waals surface area contributed by atoms with Crippen molar-refractivity contribution < 1.29 is 4.79 Å². The maximum atomic E-state index is 11.9. The molecule has 0 saturated carbocycles. The van der Waals surface area contributed by atoms with Crippen LogP contribution in [0.15, 0.2) is 29.3 Å². The Morgan fingerprint density at radius 3 is 2.52 bits per heavy atom. The number of rotatable bonds is 7. The maximum absolute atomic E-state index is 11.9. The first kappa shape index (κ1) is 21.7. The SMILES string of the molecule is CCN(CC)C(=O)CCN=C(N)Nc1cccc(C(C)C)c1.I. The van der Waals surface area contributed by atoms with Gasteiger partial charge in [-0.3, -0.25) is 9.79 Å². The molecule has 1 rings (SSSR count). The highest BCUT2D eigenvalue weighted by atomic mass is 127. The topological polar surface area (TPSA) is 70.7 Å². The van der Waals surface area contributed by atoms with E-state index in [2.05, 4.69) is 36.3 Å². The molecule has 0 atom stereocenters. The molecule has 6 heteroatoms. The zero-order valence-corrected chi connectivity index (χ0v) is 16.8. The minimum atomic E-state index is 0. The van der Waals surface area contributed by atoms with E-state index in [1.165, 1.54) is 5.56 Å². The van der Waals surface area contributed by atoms with Gasteiger partial charge in [0.15, 0.2) is 5.96 Å². The lowest BCUT2D eigenvalue weighted by atomic mass is 10.0. The van der Waals surface area contributed by atoms with E-state index in [-0.39, 0.29) is 29.9 Å². The van der Waals surface area contributed by atoms with E-state index in [1.54, 1.807) is 4.90 Å². The Labute approximate surface area is 156 Å². The predicted molar refractivity (Wildman–Crippen MR) is 109 cm³/mol. The van der Waals surface area contributed by atoms with Gasteiger partial charge >= 0.3 is 0 Å². The number of benzene rings is 1. The summed E-state index contributed by atoms with van der Waals surface area (Å²) in [5.41, 5.74) is 8.04. The highest BCUT2D eigenvalue weighted by Crippen LogP contribution is 2.18. The molecular weight excluding hydrogens is 403 g/mol. The van der Waals surface area contributed by atoms with Gasteiger partial charge in [0.25, 0.3) is 0 Å². The van der Waals surface area contributed by atoms with E-state index in [9.17, 15) is 4.79 Å². The first-order valence-corrected chi connectivity index (χ1v) is 7.92. The first-order valence-electron chi connectivity index (χ1n) is 7.92. The van der Waals surface area contributed by atoms with Crippen LogP contribution in [0.3, 0.4) is 0 Å². The first-order chi connectivity index (χ1) is 10.5. The third-order valence-electron chi connectivity index (χ3n) is 3.55. The molecule has 0 bridgehead atoms. The molecule has 0 aromatic heterocycles. The lowest BCUT2D eigenvalue weighted by Gasteiger charge is -2.17. The second-order valence-electron chi connectivity index (χ2n) is 5.49. The molecule has 3 N–H and O–H groups in total. The summed E-state index contributed by atoms with van der Waals surface area (Å²) in [6.45, 7) is 10.1. The van der Waals surface area contributed by atoms with Crippen molar-refractivity contribution in [2.75, 3.05) is 25.0 Å². The molecule has 23 heavy (non-hydrogen) atoms. The fourth-order valence-corrected chi connectivity index (χ4v) is 2.17. The maximum Gasteiger partial charge on any atom is 0.224 e. The van der Waals surface area contributed by atoms with Crippen LogP contribution in [-0.4, -0.2) is 36.4 Å². The third kappa shape index (κ3) is 7.67. The number of guanidine groups is 1. The highest BCUT2D eigenvalue weighted by molar-refractivity contribution is 14.0. The van der Waals surface area contributed by atoms with Crippen LogP contribution in [0.2, 0.25) is 0 Å². The number of anilines is 1. The quantitative estimate of drug-likeness (QED) is 0.394. The normalized spacial score (nSPS) is 11.1. The number of carbonyl (C=O) groups excluding carboxylic acids is 1. The van der Waals surface area contributed by atoms with Gasteiger partial charge in [0.05, 0.1) is 6.54 Å². The number of nitrogens with one attached hydrogen (secondary N) is 1. The zero-order chi connectivity index (χ0) is 16.5. The van der Waals surface area contributed by atoms with Crippen molar-refractivity contribution in [3.8, 4) is 0 Å². The van der Waals surface area contributed by atoms with Crippen molar-refractivity contribution in [3.05, 3.63) is 29.8 Å². The smallest absolute Gasteiger partial charge is 0.224 e. The number of amides is 1. The lowest BCUT2D eigenvalue weighted by Crippen LogP contribution is -2.31. The van der Waals surface area contributed by atoms with Crippen LogP contribution in [0.25, 0.3) is 0 Å². The summed E-state index contributed by atoms with van der Waals surface area (Å²) in [7, 11) is 0. The van der Waals surface area contributed by atoms with Crippen LogP contribution in [0.5, 0.6) is 0 Å². The van der Waals surface area contributed by atoms with Crippen LogP contribution >= 0.6 is 24.0 Å². The van der Waals surface area contributed by atoms with Crippen molar-refractivity contribution in [3.63, 3.8) is 0 Å². The van der Waals surface area contributed by atoms with Gasteiger partial charge in [-0.05, 0) is 37.5 Å². The minimum absolute atomic E-state index is 0. The van der Waals surface area contributed by atoms with Gasteiger partial charge in [0.2, 0.25) is 5.91 Å². The van der Waals surface area contributed by atoms with Gasteiger partial charge in [-0.1, -0.05) is 26.0 Å².